The largest absolute Gasteiger partial charge is 0.490 e. The molecule has 0 aliphatic carbocycles. The Morgan fingerprint density at radius 3 is 2.45 bits per heavy atom. The molecule has 2 N–H and O–H groups in total. The first-order valence-corrected chi connectivity index (χ1v) is 9.83. The zero-order chi connectivity index (χ0) is 20.4. The zero-order valence-corrected chi connectivity index (χ0v) is 20.3. The minimum Gasteiger partial charge on any atom is -0.490 e. The van der Waals surface area contributed by atoms with Crippen LogP contribution in [0.5, 0.6) is 17.4 Å². The van der Waals surface area contributed by atoms with Crippen LogP contribution in [0, 0.1) is 0 Å². The lowest BCUT2D eigenvalue weighted by Gasteiger charge is -2.23. The highest BCUT2D eigenvalue weighted by Gasteiger charge is 2.13. The molecule has 1 heterocycles. The van der Waals surface area contributed by atoms with Gasteiger partial charge in [-0.25, -0.2) is 9.98 Å². The molecule has 0 bridgehead atoms. The van der Waals surface area contributed by atoms with Gasteiger partial charge in [0.15, 0.2) is 17.5 Å². The van der Waals surface area contributed by atoms with Crippen molar-refractivity contribution in [2.24, 2.45) is 4.99 Å². The number of guanidine groups is 1. The molecule has 0 amide bonds. The fraction of sp³-hybridized carbons (Fsp3) is 0.455. The Morgan fingerprint density at radius 2 is 1.79 bits per heavy atom. The van der Waals surface area contributed by atoms with Gasteiger partial charge in [-0.2, -0.15) is 0 Å². The van der Waals surface area contributed by atoms with Gasteiger partial charge in [0.2, 0.25) is 5.88 Å². The molecule has 2 aromatic rings. The number of nitrogens with one attached hydrogen (secondary N) is 2. The third-order valence-electron chi connectivity index (χ3n) is 3.61. The quantitative estimate of drug-likeness (QED) is 0.292. The lowest BCUT2D eigenvalue weighted by molar-refractivity contribution is 0.300. The maximum Gasteiger partial charge on any atom is 0.224 e. The molecule has 1 aromatic heterocycles. The summed E-state index contributed by atoms with van der Waals surface area (Å²) in [5, 5.41) is 6.66. The van der Waals surface area contributed by atoms with E-state index in [0.717, 1.165) is 24.5 Å². The number of para-hydroxylation sites is 2. The SMILES string of the molecule is CCCOc1ccccc1Oc1ncccc1CN=C(NCC)NC(C)(C)C.I. The molecule has 7 heteroatoms. The molecule has 0 unspecified atom stereocenters. The number of aromatic nitrogens is 1. The van der Waals surface area contributed by atoms with Crippen LogP contribution in [-0.2, 0) is 6.54 Å². The summed E-state index contributed by atoms with van der Waals surface area (Å²) >= 11 is 0. The molecule has 0 spiro atoms. The molecule has 0 fully saturated rings. The van der Waals surface area contributed by atoms with E-state index in [9.17, 15) is 0 Å². The second kappa shape index (κ2) is 12.5. The normalized spacial score (nSPS) is 11.4. The second-order valence-corrected chi connectivity index (χ2v) is 7.44. The minimum atomic E-state index is -0.0785. The highest BCUT2D eigenvalue weighted by Crippen LogP contribution is 2.32. The molecule has 2 rings (SSSR count). The highest BCUT2D eigenvalue weighted by molar-refractivity contribution is 14.0. The molecular weight excluding hydrogens is 479 g/mol. The van der Waals surface area contributed by atoms with Gasteiger partial charge in [-0.05, 0) is 52.3 Å². The van der Waals surface area contributed by atoms with E-state index in [1.807, 2.05) is 43.3 Å². The molecule has 0 saturated carbocycles. The van der Waals surface area contributed by atoms with E-state index in [4.69, 9.17) is 9.47 Å². The molecule has 0 saturated heterocycles. The molecule has 0 aliphatic rings. The summed E-state index contributed by atoms with van der Waals surface area (Å²) in [6.07, 6.45) is 2.66. The molecule has 6 nitrogen and oxygen atoms in total. The second-order valence-electron chi connectivity index (χ2n) is 7.44. The number of hydrogen-bond acceptors (Lipinski definition) is 4. The van der Waals surface area contributed by atoms with Gasteiger partial charge in [0.05, 0.1) is 13.2 Å². The maximum atomic E-state index is 6.08. The van der Waals surface area contributed by atoms with Gasteiger partial charge >= 0.3 is 0 Å². The Kier molecular flexibility index (Phi) is 10.8. The number of ether oxygens (including phenoxy) is 2. The zero-order valence-electron chi connectivity index (χ0n) is 18.0. The van der Waals surface area contributed by atoms with Crippen LogP contribution in [-0.4, -0.2) is 29.6 Å². The van der Waals surface area contributed by atoms with Crippen molar-refractivity contribution >= 4 is 29.9 Å². The van der Waals surface area contributed by atoms with E-state index in [-0.39, 0.29) is 29.5 Å². The summed E-state index contributed by atoms with van der Waals surface area (Å²) < 4.78 is 11.9. The molecule has 0 aliphatic heterocycles. The Morgan fingerprint density at radius 1 is 1.07 bits per heavy atom. The lowest BCUT2D eigenvalue weighted by Crippen LogP contribution is -2.47. The molecule has 1 aromatic carbocycles. The van der Waals surface area contributed by atoms with Crippen LogP contribution in [0.15, 0.2) is 47.6 Å². The minimum absolute atomic E-state index is 0. The van der Waals surface area contributed by atoms with Gasteiger partial charge in [0, 0.05) is 23.8 Å². The number of halogens is 1. The fourth-order valence-corrected chi connectivity index (χ4v) is 2.43. The van der Waals surface area contributed by atoms with Crippen LogP contribution in [0.1, 0.15) is 46.6 Å². The van der Waals surface area contributed by atoms with Crippen LogP contribution < -0.4 is 20.1 Å². The van der Waals surface area contributed by atoms with Crippen molar-refractivity contribution in [3.8, 4) is 17.4 Å². The van der Waals surface area contributed by atoms with Crippen LogP contribution in [0.25, 0.3) is 0 Å². The number of pyridine rings is 1. The predicted octanol–water partition coefficient (Wildman–Crippen LogP) is 5.13. The lowest BCUT2D eigenvalue weighted by atomic mass is 10.1. The summed E-state index contributed by atoms with van der Waals surface area (Å²) in [6.45, 7) is 12.3. The number of nitrogens with zero attached hydrogens (tertiary/aromatic N) is 2. The molecule has 29 heavy (non-hydrogen) atoms. The number of aliphatic imine (C=N–C) groups is 1. The molecular formula is C22H33IN4O2. The first-order valence-electron chi connectivity index (χ1n) is 9.83. The Bertz CT molecular complexity index is 775. The van der Waals surface area contributed by atoms with E-state index in [1.54, 1.807) is 6.20 Å². The number of hydrogen-bond donors (Lipinski definition) is 2. The maximum absolute atomic E-state index is 6.08. The van der Waals surface area contributed by atoms with E-state index in [0.29, 0.717) is 30.5 Å². The van der Waals surface area contributed by atoms with Gasteiger partial charge in [0.1, 0.15) is 0 Å². The average Bonchev–Trinajstić information content (AvgIpc) is 2.65. The predicted molar refractivity (Wildman–Crippen MR) is 130 cm³/mol. The highest BCUT2D eigenvalue weighted by atomic mass is 127. The van der Waals surface area contributed by atoms with Gasteiger partial charge < -0.3 is 20.1 Å². The first-order chi connectivity index (χ1) is 13.4. The monoisotopic (exact) mass is 512 g/mol. The first kappa shape index (κ1) is 25.0. The van der Waals surface area contributed by atoms with Crippen molar-refractivity contribution in [3.63, 3.8) is 0 Å². The smallest absolute Gasteiger partial charge is 0.224 e. The molecule has 0 atom stereocenters. The van der Waals surface area contributed by atoms with E-state index in [1.165, 1.54) is 0 Å². The van der Waals surface area contributed by atoms with E-state index < -0.39 is 0 Å². The third-order valence-corrected chi connectivity index (χ3v) is 3.61. The topological polar surface area (TPSA) is 67.8 Å². The van der Waals surface area contributed by atoms with Crippen molar-refractivity contribution in [3.05, 3.63) is 48.2 Å². The van der Waals surface area contributed by atoms with Crippen LogP contribution in [0.4, 0.5) is 0 Å². The van der Waals surface area contributed by atoms with Crippen LogP contribution in [0.2, 0.25) is 0 Å². The Labute approximate surface area is 191 Å². The van der Waals surface area contributed by atoms with Crippen molar-refractivity contribution in [1.29, 1.82) is 0 Å². The van der Waals surface area contributed by atoms with Crippen LogP contribution >= 0.6 is 24.0 Å². The van der Waals surface area contributed by atoms with Crippen molar-refractivity contribution in [1.82, 2.24) is 15.6 Å². The standard InChI is InChI=1S/C22H32N4O2.HI/c1-6-15-27-18-12-8-9-13-19(18)28-20-17(11-10-14-24-20)16-25-21(23-7-2)26-22(3,4)5;/h8-14H,6-7,15-16H2,1-5H3,(H2,23,25,26);1H. The number of benzene rings is 1. The average molecular weight is 512 g/mol. The van der Waals surface area contributed by atoms with Gasteiger partial charge in [0.25, 0.3) is 0 Å². The van der Waals surface area contributed by atoms with Crippen molar-refractivity contribution < 1.29 is 9.47 Å². The van der Waals surface area contributed by atoms with E-state index >= 15 is 0 Å². The third kappa shape index (κ3) is 8.89. The van der Waals surface area contributed by atoms with Gasteiger partial charge in [-0.15, -0.1) is 24.0 Å². The van der Waals surface area contributed by atoms with E-state index in [2.05, 4.69) is 48.3 Å². The number of rotatable bonds is 8. The fourth-order valence-electron chi connectivity index (χ4n) is 2.43. The Hall–Kier alpha value is -2.03. The van der Waals surface area contributed by atoms with Gasteiger partial charge in [-0.3, -0.25) is 0 Å². The molecule has 160 valence electrons. The van der Waals surface area contributed by atoms with Crippen molar-refractivity contribution in [2.75, 3.05) is 13.2 Å². The van der Waals surface area contributed by atoms with Crippen LogP contribution in [0.3, 0.4) is 0 Å². The Balaban J connectivity index is 0.00000420. The summed E-state index contributed by atoms with van der Waals surface area (Å²) in [5.41, 5.74) is 0.823. The summed E-state index contributed by atoms with van der Waals surface area (Å²) in [4.78, 5) is 9.09. The summed E-state index contributed by atoms with van der Waals surface area (Å²) in [7, 11) is 0. The van der Waals surface area contributed by atoms with Crippen molar-refractivity contribution in [2.45, 2.75) is 53.1 Å². The summed E-state index contributed by atoms with van der Waals surface area (Å²) in [5.74, 6) is 2.66. The molecule has 0 radical (unpaired) electrons. The van der Waals surface area contributed by atoms with Gasteiger partial charge in [-0.1, -0.05) is 25.1 Å². The summed E-state index contributed by atoms with van der Waals surface area (Å²) in [6, 6.07) is 11.5.